The monoisotopic (exact) mass is 348 g/mol. The molecular formula is C17H17BrOS. The van der Waals surface area contributed by atoms with E-state index >= 15 is 0 Å². The zero-order valence-electron chi connectivity index (χ0n) is 11.3. The van der Waals surface area contributed by atoms with Gasteiger partial charge in [0.15, 0.2) is 0 Å². The van der Waals surface area contributed by atoms with Crippen molar-refractivity contribution in [2.24, 2.45) is 0 Å². The zero-order chi connectivity index (χ0) is 13.9. The molecule has 1 nitrogen and oxygen atoms in total. The Morgan fingerprint density at radius 3 is 2.30 bits per heavy atom. The molecule has 1 aromatic heterocycles. The van der Waals surface area contributed by atoms with Gasteiger partial charge in [-0.2, -0.15) is 0 Å². The van der Waals surface area contributed by atoms with Gasteiger partial charge >= 0.3 is 0 Å². The number of ketones is 1. The van der Waals surface area contributed by atoms with E-state index in [9.17, 15) is 4.79 Å². The highest BCUT2D eigenvalue weighted by molar-refractivity contribution is 9.11. The van der Waals surface area contributed by atoms with Crippen LogP contribution in [0.15, 0.2) is 40.2 Å². The third kappa shape index (κ3) is 3.04. The number of rotatable bonds is 3. The second-order valence-corrected chi connectivity index (χ2v) is 7.85. The molecule has 0 atom stereocenters. The first-order valence-electron chi connectivity index (χ1n) is 7.14. The summed E-state index contributed by atoms with van der Waals surface area (Å²) < 4.78 is 1.000. The maximum absolute atomic E-state index is 12.3. The molecule has 20 heavy (non-hydrogen) atoms. The van der Waals surface area contributed by atoms with E-state index in [1.807, 2.05) is 24.3 Å². The highest BCUT2D eigenvalue weighted by Crippen LogP contribution is 2.33. The number of benzene rings is 1. The smallest absolute Gasteiger partial charge is 0.202 e. The lowest BCUT2D eigenvalue weighted by atomic mass is 9.84. The Morgan fingerprint density at radius 1 is 1.00 bits per heavy atom. The Kier molecular flexibility index (Phi) is 4.37. The molecule has 3 heteroatoms. The van der Waals surface area contributed by atoms with Crippen LogP contribution in [0.4, 0.5) is 0 Å². The van der Waals surface area contributed by atoms with Crippen LogP contribution >= 0.6 is 27.3 Å². The van der Waals surface area contributed by atoms with E-state index in [1.54, 1.807) is 0 Å². The predicted octanol–water partition coefficient (Wildman–Crippen LogP) is 5.79. The van der Waals surface area contributed by atoms with Crippen LogP contribution in [-0.2, 0) is 0 Å². The SMILES string of the molecule is O=C(c1ccc(C2CCCCC2)cc1)c1ccc(Br)s1. The van der Waals surface area contributed by atoms with Crippen LogP contribution in [0.25, 0.3) is 0 Å². The van der Waals surface area contributed by atoms with E-state index in [2.05, 4.69) is 28.1 Å². The quantitative estimate of drug-likeness (QED) is 0.641. The molecule has 1 heterocycles. The van der Waals surface area contributed by atoms with Crippen molar-refractivity contribution in [2.45, 2.75) is 38.0 Å². The first-order chi connectivity index (χ1) is 9.74. The fourth-order valence-electron chi connectivity index (χ4n) is 2.92. The van der Waals surface area contributed by atoms with Gasteiger partial charge in [-0.3, -0.25) is 4.79 Å². The molecule has 2 aromatic rings. The minimum Gasteiger partial charge on any atom is -0.288 e. The highest BCUT2D eigenvalue weighted by atomic mass is 79.9. The zero-order valence-corrected chi connectivity index (χ0v) is 13.7. The Bertz CT molecular complexity index is 594. The number of halogens is 1. The van der Waals surface area contributed by atoms with Gasteiger partial charge in [-0.1, -0.05) is 43.5 Å². The van der Waals surface area contributed by atoms with Crippen LogP contribution in [0.3, 0.4) is 0 Å². The molecule has 0 unspecified atom stereocenters. The van der Waals surface area contributed by atoms with E-state index in [-0.39, 0.29) is 5.78 Å². The number of hydrogen-bond acceptors (Lipinski definition) is 2. The molecular weight excluding hydrogens is 332 g/mol. The minimum absolute atomic E-state index is 0.121. The van der Waals surface area contributed by atoms with E-state index in [0.717, 1.165) is 14.2 Å². The van der Waals surface area contributed by atoms with Crippen LogP contribution in [0.5, 0.6) is 0 Å². The molecule has 1 saturated carbocycles. The maximum Gasteiger partial charge on any atom is 0.202 e. The van der Waals surface area contributed by atoms with E-state index in [1.165, 1.54) is 49.0 Å². The van der Waals surface area contributed by atoms with Crippen LogP contribution in [0.2, 0.25) is 0 Å². The van der Waals surface area contributed by atoms with Crippen molar-refractivity contribution in [3.63, 3.8) is 0 Å². The van der Waals surface area contributed by atoms with Crippen molar-refractivity contribution in [3.8, 4) is 0 Å². The van der Waals surface area contributed by atoms with E-state index in [4.69, 9.17) is 0 Å². The average molecular weight is 349 g/mol. The Labute approximate surface area is 132 Å². The number of carbonyl (C=O) groups is 1. The van der Waals surface area contributed by atoms with Gasteiger partial charge in [0.1, 0.15) is 0 Å². The fraction of sp³-hybridized carbons (Fsp3) is 0.353. The van der Waals surface area contributed by atoms with Gasteiger partial charge in [0, 0.05) is 5.56 Å². The molecule has 0 N–H and O–H groups in total. The highest BCUT2D eigenvalue weighted by Gasteiger charge is 2.16. The van der Waals surface area contributed by atoms with Crippen molar-refractivity contribution in [3.05, 3.63) is 56.2 Å². The van der Waals surface area contributed by atoms with Crippen molar-refractivity contribution in [2.75, 3.05) is 0 Å². The molecule has 0 saturated heterocycles. The lowest BCUT2D eigenvalue weighted by Crippen LogP contribution is -2.05. The fourth-order valence-corrected chi connectivity index (χ4v) is 4.27. The number of carbonyl (C=O) groups excluding carboxylic acids is 1. The lowest BCUT2D eigenvalue weighted by Gasteiger charge is -2.21. The molecule has 3 rings (SSSR count). The normalized spacial score (nSPS) is 16.2. The molecule has 1 aromatic carbocycles. The summed E-state index contributed by atoms with van der Waals surface area (Å²) in [4.78, 5) is 13.1. The van der Waals surface area contributed by atoms with Crippen molar-refractivity contribution >= 4 is 33.0 Å². The van der Waals surface area contributed by atoms with Gasteiger partial charge in [-0.05, 0) is 52.4 Å². The third-order valence-corrected chi connectivity index (χ3v) is 5.67. The third-order valence-electron chi connectivity index (χ3n) is 4.05. The molecule has 0 amide bonds. The maximum atomic E-state index is 12.3. The summed E-state index contributed by atoms with van der Waals surface area (Å²) in [6.45, 7) is 0. The molecule has 0 radical (unpaired) electrons. The van der Waals surface area contributed by atoms with Crippen LogP contribution in [0.1, 0.15) is 58.8 Å². The van der Waals surface area contributed by atoms with E-state index in [0.29, 0.717) is 5.92 Å². The van der Waals surface area contributed by atoms with Crippen LogP contribution < -0.4 is 0 Å². The Hall–Kier alpha value is -0.930. The summed E-state index contributed by atoms with van der Waals surface area (Å²) in [6, 6.07) is 12.1. The summed E-state index contributed by atoms with van der Waals surface area (Å²) in [5, 5.41) is 0. The van der Waals surface area contributed by atoms with E-state index < -0.39 is 0 Å². The van der Waals surface area contributed by atoms with Crippen molar-refractivity contribution < 1.29 is 4.79 Å². The average Bonchev–Trinajstić information content (AvgIpc) is 2.94. The number of thiophene rings is 1. The van der Waals surface area contributed by atoms with Crippen molar-refractivity contribution in [1.29, 1.82) is 0 Å². The lowest BCUT2D eigenvalue weighted by molar-refractivity contribution is 0.104. The molecule has 0 spiro atoms. The van der Waals surface area contributed by atoms with Gasteiger partial charge < -0.3 is 0 Å². The number of hydrogen-bond donors (Lipinski definition) is 0. The molecule has 0 aliphatic heterocycles. The minimum atomic E-state index is 0.121. The molecule has 1 aliphatic rings. The summed E-state index contributed by atoms with van der Waals surface area (Å²) in [7, 11) is 0. The Balaban J connectivity index is 1.77. The van der Waals surface area contributed by atoms with Crippen LogP contribution in [0, 0.1) is 0 Å². The van der Waals surface area contributed by atoms with Gasteiger partial charge in [-0.15, -0.1) is 11.3 Å². The first-order valence-corrected chi connectivity index (χ1v) is 8.75. The van der Waals surface area contributed by atoms with Gasteiger partial charge in [0.25, 0.3) is 0 Å². The molecule has 0 bridgehead atoms. The van der Waals surface area contributed by atoms with Gasteiger partial charge in [0.2, 0.25) is 5.78 Å². The van der Waals surface area contributed by atoms with Crippen LogP contribution in [-0.4, -0.2) is 5.78 Å². The molecule has 1 aliphatic carbocycles. The second kappa shape index (κ2) is 6.23. The first kappa shape index (κ1) is 14.0. The summed E-state index contributed by atoms with van der Waals surface area (Å²) >= 11 is 4.89. The second-order valence-electron chi connectivity index (χ2n) is 5.39. The molecule has 1 fully saturated rings. The largest absolute Gasteiger partial charge is 0.288 e. The summed E-state index contributed by atoms with van der Waals surface area (Å²) in [5.74, 6) is 0.819. The summed E-state index contributed by atoms with van der Waals surface area (Å²) in [5.41, 5.74) is 2.19. The summed E-state index contributed by atoms with van der Waals surface area (Å²) in [6.07, 6.45) is 6.65. The van der Waals surface area contributed by atoms with Gasteiger partial charge in [-0.25, -0.2) is 0 Å². The predicted molar refractivity (Wildman–Crippen MR) is 87.7 cm³/mol. The Morgan fingerprint density at radius 2 is 1.70 bits per heavy atom. The standard InChI is InChI=1S/C17H17BrOS/c18-16-11-10-15(20-16)17(19)14-8-6-13(7-9-14)12-4-2-1-3-5-12/h6-12H,1-5H2. The van der Waals surface area contributed by atoms with Crippen molar-refractivity contribution in [1.82, 2.24) is 0 Å². The molecule has 104 valence electrons. The van der Waals surface area contributed by atoms with Gasteiger partial charge in [0.05, 0.1) is 8.66 Å². The topological polar surface area (TPSA) is 17.1 Å².